The van der Waals surface area contributed by atoms with Crippen LogP contribution in [0, 0.1) is 0 Å². The molecule has 1 aliphatic rings. The van der Waals surface area contributed by atoms with Gasteiger partial charge < -0.3 is 25.6 Å². The first-order valence-electron chi connectivity index (χ1n) is 6.58. The number of guanidine groups is 1. The molecule has 1 aliphatic carbocycles. The first kappa shape index (κ1) is 14.5. The van der Waals surface area contributed by atoms with Gasteiger partial charge in [0.2, 0.25) is 0 Å². The van der Waals surface area contributed by atoms with Crippen LogP contribution < -0.4 is 20.5 Å². The Bertz CT molecular complexity index is 498. The highest BCUT2D eigenvalue weighted by Gasteiger charge is 2.33. The molecular weight excluding hydrogens is 258 g/mol. The third-order valence-corrected chi connectivity index (χ3v) is 3.50. The molecule has 0 spiro atoms. The number of nitrogens with one attached hydrogen (secondary N) is 1. The van der Waals surface area contributed by atoms with E-state index in [0.717, 1.165) is 19.3 Å². The Balaban J connectivity index is 2.05. The Labute approximate surface area is 118 Å². The van der Waals surface area contributed by atoms with Crippen LogP contribution in [0.3, 0.4) is 0 Å². The molecule has 0 amide bonds. The number of methoxy groups -OCH3 is 2. The van der Waals surface area contributed by atoms with Crippen LogP contribution >= 0.6 is 0 Å². The van der Waals surface area contributed by atoms with Crippen LogP contribution in [0.15, 0.2) is 23.2 Å². The summed E-state index contributed by atoms with van der Waals surface area (Å²) in [6.07, 6.45) is 2.61. The predicted molar refractivity (Wildman–Crippen MR) is 78.5 cm³/mol. The van der Waals surface area contributed by atoms with E-state index in [2.05, 4.69) is 10.3 Å². The van der Waals surface area contributed by atoms with Crippen molar-refractivity contribution in [3.8, 4) is 11.5 Å². The average molecular weight is 279 g/mol. The molecule has 1 saturated carbocycles. The molecule has 0 unspecified atom stereocenters. The van der Waals surface area contributed by atoms with Crippen molar-refractivity contribution in [2.24, 2.45) is 10.7 Å². The lowest BCUT2D eigenvalue weighted by Crippen LogP contribution is -2.41. The molecular formula is C14H21N3O3. The van der Waals surface area contributed by atoms with Gasteiger partial charge in [-0.25, -0.2) is 0 Å². The van der Waals surface area contributed by atoms with Gasteiger partial charge in [-0.15, -0.1) is 0 Å². The van der Waals surface area contributed by atoms with E-state index >= 15 is 0 Å². The number of hydrogen-bond acceptors (Lipinski definition) is 4. The van der Waals surface area contributed by atoms with E-state index in [1.807, 2.05) is 0 Å². The average Bonchev–Trinajstić information content (AvgIpc) is 2.43. The van der Waals surface area contributed by atoms with Crippen LogP contribution in [0.1, 0.15) is 19.3 Å². The molecule has 6 nitrogen and oxygen atoms in total. The second-order valence-corrected chi connectivity index (χ2v) is 4.97. The maximum Gasteiger partial charge on any atom is 0.193 e. The van der Waals surface area contributed by atoms with Gasteiger partial charge in [0, 0.05) is 6.07 Å². The van der Waals surface area contributed by atoms with Gasteiger partial charge in [0.25, 0.3) is 0 Å². The molecule has 2 rings (SSSR count). The molecule has 0 aliphatic heterocycles. The molecule has 0 bridgehead atoms. The first-order valence-corrected chi connectivity index (χ1v) is 6.58. The number of benzene rings is 1. The van der Waals surface area contributed by atoms with Gasteiger partial charge in [-0.2, -0.15) is 0 Å². The van der Waals surface area contributed by atoms with Crippen molar-refractivity contribution in [1.29, 1.82) is 0 Å². The quantitative estimate of drug-likeness (QED) is 0.559. The van der Waals surface area contributed by atoms with Crippen LogP contribution in [-0.4, -0.2) is 37.4 Å². The molecule has 0 saturated heterocycles. The second-order valence-electron chi connectivity index (χ2n) is 4.97. The van der Waals surface area contributed by atoms with E-state index in [1.165, 1.54) is 0 Å². The number of aliphatic hydroxyl groups is 1. The monoisotopic (exact) mass is 279 g/mol. The zero-order valence-corrected chi connectivity index (χ0v) is 11.8. The fraction of sp³-hybridized carbons (Fsp3) is 0.500. The molecule has 1 fully saturated rings. The van der Waals surface area contributed by atoms with Crippen molar-refractivity contribution in [3.63, 3.8) is 0 Å². The van der Waals surface area contributed by atoms with Gasteiger partial charge in [0.1, 0.15) is 11.5 Å². The number of rotatable bonds is 5. The standard InChI is InChI=1S/C14H21N3O3/c1-19-10-4-5-12(20-2)11(8-10)17-13(15)16-9-14(18)6-3-7-14/h4-5,8,18H,3,6-7,9H2,1-2H3,(H3,15,16,17). The molecule has 0 atom stereocenters. The van der Waals surface area contributed by atoms with E-state index in [0.29, 0.717) is 23.7 Å². The number of hydrogen-bond donors (Lipinski definition) is 3. The number of nitrogens with two attached hydrogens (primary N) is 1. The highest BCUT2D eigenvalue weighted by atomic mass is 16.5. The van der Waals surface area contributed by atoms with Gasteiger partial charge in [-0.05, 0) is 31.4 Å². The van der Waals surface area contributed by atoms with Crippen LogP contribution in [0.2, 0.25) is 0 Å². The summed E-state index contributed by atoms with van der Waals surface area (Å²) in [5.74, 6) is 1.59. The Morgan fingerprint density at radius 1 is 1.40 bits per heavy atom. The summed E-state index contributed by atoms with van der Waals surface area (Å²) < 4.78 is 10.4. The fourth-order valence-electron chi connectivity index (χ4n) is 2.06. The number of nitrogens with zero attached hydrogens (tertiary/aromatic N) is 1. The molecule has 1 aromatic rings. The largest absolute Gasteiger partial charge is 0.497 e. The van der Waals surface area contributed by atoms with Crippen molar-refractivity contribution in [1.82, 2.24) is 0 Å². The first-order chi connectivity index (χ1) is 9.56. The normalized spacial score (nSPS) is 17.2. The summed E-state index contributed by atoms with van der Waals surface area (Å²) in [4.78, 5) is 4.18. The number of ether oxygens (including phenoxy) is 2. The lowest BCUT2D eigenvalue weighted by molar-refractivity contribution is -0.0235. The number of anilines is 1. The Kier molecular flexibility index (Phi) is 4.34. The summed E-state index contributed by atoms with van der Waals surface area (Å²) in [6.45, 7) is 0.318. The highest BCUT2D eigenvalue weighted by Crippen LogP contribution is 2.32. The van der Waals surface area contributed by atoms with Gasteiger partial charge in [-0.3, -0.25) is 4.99 Å². The van der Waals surface area contributed by atoms with Crippen molar-refractivity contribution in [3.05, 3.63) is 18.2 Å². The van der Waals surface area contributed by atoms with Gasteiger partial charge in [0.15, 0.2) is 5.96 Å². The predicted octanol–water partition coefficient (Wildman–Crippen LogP) is 1.35. The lowest BCUT2D eigenvalue weighted by Gasteiger charge is -2.35. The highest BCUT2D eigenvalue weighted by molar-refractivity contribution is 5.94. The second kappa shape index (κ2) is 6.00. The van der Waals surface area contributed by atoms with E-state index in [-0.39, 0.29) is 5.96 Å². The minimum Gasteiger partial charge on any atom is -0.497 e. The maximum atomic E-state index is 9.97. The smallest absolute Gasteiger partial charge is 0.193 e. The minimum absolute atomic E-state index is 0.247. The molecule has 6 heteroatoms. The fourth-order valence-corrected chi connectivity index (χ4v) is 2.06. The SMILES string of the molecule is COc1ccc(OC)c(NC(N)=NCC2(O)CCC2)c1. The molecule has 0 radical (unpaired) electrons. The van der Waals surface area contributed by atoms with Gasteiger partial charge in [0.05, 0.1) is 32.1 Å². The Morgan fingerprint density at radius 3 is 2.70 bits per heavy atom. The van der Waals surface area contributed by atoms with E-state index in [4.69, 9.17) is 15.2 Å². The molecule has 1 aromatic carbocycles. The zero-order valence-electron chi connectivity index (χ0n) is 11.8. The third kappa shape index (κ3) is 3.33. The van der Waals surface area contributed by atoms with Crippen molar-refractivity contribution >= 4 is 11.6 Å². The molecule has 0 heterocycles. The van der Waals surface area contributed by atoms with Crippen LogP contribution in [-0.2, 0) is 0 Å². The van der Waals surface area contributed by atoms with Crippen LogP contribution in [0.5, 0.6) is 11.5 Å². The topological polar surface area (TPSA) is 89.1 Å². The lowest BCUT2D eigenvalue weighted by atomic mass is 9.80. The van der Waals surface area contributed by atoms with Crippen molar-refractivity contribution in [2.75, 3.05) is 26.1 Å². The maximum absolute atomic E-state index is 9.97. The number of aliphatic imine (C=N–C) groups is 1. The van der Waals surface area contributed by atoms with Crippen molar-refractivity contribution < 1.29 is 14.6 Å². The third-order valence-electron chi connectivity index (χ3n) is 3.50. The molecule has 4 N–H and O–H groups in total. The van der Waals surface area contributed by atoms with E-state index < -0.39 is 5.60 Å². The van der Waals surface area contributed by atoms with E-state index in [1.54, 1.807) is 32.4 Å². The molecule has 110 valence electrons. The summed E-state index contributed by atoms with van der Waals surface area (Å²) in [6, 6.07) is 5.36. The van der Waals surface area contributed by atoms with Gasteiger partial charge >= 0.3 is 0 Å². The van der Waals surface area contributed by atoms with E-state index in [9.17, 15) is 5.11 Å². The van der Waals surface area contributed by atoms with Crippen molar-refractivity contribution in [2.45, 2.75) is 24.9 Å². The van der Waals surface area contributed by atoms with Gasteiger partial charge in [-0.1, -0.05) is 0 Å². The summed E-state index contributed by atoms with van der Waals surface area (Å²) in [7, 11) is 3.17. The zero-order chi connectivity index (χ0) is 14.6. The summed E-state index contributed by atoms with van der Waals surface area (Å²) >= 11 is 0. The Morgan fingerprint density at radius 2 is 2.15 bits per heavy atom. The van der Waals surface area contributed by atoms with Crippen LogP contribution in [0.4, 0.5) is 5.69 Å². The summed E-state index contributed by atoms with van der Waals surface area (Å²) in [5, 5.41) is 12.9. The Hall–Kier alpha value is -1.95. The minimum atomic E-state index is -0.676. The summed E-state index contributed by atoms with van der Waals surface area (Å²) in [5.41, 5.74) is 5.84. The molecule has 20 heavy (non-hydrogen) atoms. The van der Waals surface area contributed by atoms with Crippen LogP contribution in [0.25, 0.3) is 0 Å². The molecule has 0 aromatic heterocycles.